The first-order valence-corrected chi connectivity index (χ1v) is 36.7. The molecular weight excluding hydrogens is 1480 g/mol. The Bertz CT molecular complexity index is 3460. The van der Waals surface area contributed by atoms with Crippen molar-refractivity contribution in [3.05, 3.63) is 142 Å². The van der Waals surface area contributed by atoms with Crippen molar-refractivity contribution in [2.45, 2.75) is 178 Å². The average Bonchev–Trinajstić information content (AvgIpc) is 1.33. The van der Waals surface area contributed by atoms with Gasteiger partial charge in [0, 0.05) is 60.6 Å². The van der Waals surface area contributed by atoms with E-state index in [-0.39, 0.29) is 39.0 Å². The van der Waals surface area contributed by atoms with Gasteiger partial charge >= 0.3 is 23.9 Å². The Morgan fingerprint density at radius 3 is 0.451 bits per heavy atom. The first-order chi connectivity index (χ1) is 47.9. The number of benzene rings is 4. The van der Waals surface area contributed by atoms with E-state index in [0.717, 1.165) is 96.6 Å². The van der Waals surface area contributed by atoms with Crippen molar-refractivity contribution >= 4 is 71.1 Å². The van der Waals surface area contributed by atoms with Crippen LogP contribution in [0.3, 0.4) is 0 Å². The van der Waals surface area contributed by atoms with E-state index < -0.39 is 117 Å². The van der Waals surface area contributed by atoms with Crippen LogP contribution in [0.2, 0.25) is 0 Å². The smallest absolute Gasteiger partial charge is 0.327 e. The zero-order valence-corrected chi connectivity index (χ0v) is 59.9. The number of carbonyl (C=O) groups is 12. The van der Waals surface area contributed by atoms with Gasteiger partial charge in [0.25, 0.3) is 47.3 Å². The first-order valence-electron chi connectivity index (χ1n) is 36.7. The fourth-order valence-electron chi connectivity index (χ4n) is 26.4. The number of hydrogen-bond acceptors (Lipinski definition) is 12. The second kappa shape index (κ2) is 25.7. The molecule has 4 aromatic rings. The molecule has 0 saturated heterocycles. The van der Waals surface area contributed by atoms with Crippen LogP contribution in [-0.4, -0.2) is 135 Å². The largest absolute Gasteiger partial charge is 0.480 e. The summed E-state index contributed by atoms with van der Waals surface area (Å²) in [6.45, 7) is 0. The molecular formula is C80H84N4O16Rh2. The molecule has 16 aliphatic carbocycles. The van der Waals surface area contributed by atoms with Gasteiger partial charge in [0.15, 0.2) is 0 Å². The third kappa shape index (κ3) is 11.1. The molecule has 2 radical (unpaired) electrons. The molecule has 538 valence electrons. The summed E-state index contributed by atoms with van der Waals surface area (Å²) >= 11 is 0. The molecule has 4 aromatic carbocycles. The molecule has 16 saturated carbocycles. The maximum atomic E-state index is 12.9. The monoisotopic (exact) mass is 1560 g/mol. The number of fused-ring (bicyclic) bond motifs is 4. The molecule has 8 amide bonds. The number of rotatable bonds is 12. The zero-order valence-electron chi connectivity index (χ0n) is 56.6. The molecule has 20 aliphatic rings. The van der Waals surface area contributed by atoms with Crippen molar-refractivity contribution < 1.29 is 117 Å². The van der Waals surface area contributed by atoms with Gasteiger partial charge in [-0.15, -0.1) is 0 Å². The van der Waals surface area contributed by atoms with Crippen molar-refractivity contribution in [1.82, 2.24) is 19.6 Å². The third-order valence-corrected chi connectivity index (χ3v) is 27.9. The second-order valence-corrected chi connectivity index (χ2v) is 34.2. The molecule has 102 heavy (non-hydrogen) atoms. The number of nitrogens with zero attached hydrogens (tertiary/aromatic N) is 4. The molecule has 24 rings (SSSR count). The van der Waals surface area contributed by atoms with Crippen LogP contribution < -0.4 is 0 Å². The van der Waals surface area contributed by atoms with Gasteiger partial charge in [-0.2, -0.15) is 0 Å². The predicted molar refractivity (Wildman–Crippen MR) is 356 cm³/mol. The van der Waals surface area contributed by atoms with Crippen LogP contribution >= 0.6 is 0 Å². The molecule has 16 bridgehead atoms. The summed E-state index contributed by atoms with van der Waals surface area (Å²) in [7, 11) is 0. The Morgan fingerprint density at radius 2 is 0.353 bits per heavy atom. The Morgan fingerprint density at radius 1 is 0.245 bits per heavy atom. The average molecular weight is 1560 g/mol. The van der Waals surface area contributed by atoms with E-state index in [2.05, 4.69) is 0 Å². The van der Waals surface area contributed by atoms with Crippen molar-refractivity contribution in [1.29, 1.82) is 0 Å². The van der Waals surface area contributed by atoms with Gasteiger partial charge in [0.1, 0.15) is 24.2 Å². The molecule has 0 aromatic heterocycles. The SMILES string of the molecule is O=C(O)[C@@H](N1C(=O)c2ccccc2C1=O)C12CC3CC(CC(C3)C1)C2.O=C(O)[C@@H](N1C(=O)c2ccccc2C1=O)C12CC3CC(CC(C3)C1)C2.O=C(O)[C@@H](N1C(=O)c2ccccc2C1=O)C12CC3CC(CC(C3)C1)C2.O=C(O)[C@@H](N1C(=O)c2ccccc2C1=O)C12CC3CC(CC(C3)C1)C2.[Rh].[Rh]. The molecule has 20 nitrogen and oxygen atoms in total. The minimum absolute atomic E-state index is 0. The van der Waals surface area contributed by atoms with Crippen molar-refractivity contribution in [2.24, 2.45) is 92.7 Å². The fourth-order valence-corrected chi connectivity index (χ4v) is 26.4. The van der Waals surface area contributed by atoms with E-state index in [1.807, 2.05) is 0 Å². The van der Waals surface area contributed by atoms with Crippen LogP contribution in [0.4, 0.5) is 0 Å². The Balaban J connectivity index is 0.000000109. The minimum Gasteiger partial charge on any atom is -0.480 e. The molecule has 4 atom stereocenters. The summed E-state index contributed by atoms with van der Waals surface area (Å²) in [6, 6.07) is 22.5. The molecule has 0 spiro atoms. The van der Waals surface area contributed by atoms with Crippen LogP contribution in [0.5, 0.6) is 0 Å². The molecule has 4 heterocycles. The predicted octanol–water partition coefficient (Wildman–Crippen LogP) is 11.8. The van der Waals surface area contributed by atoms with Gasteiger partial charge in [-0.25, -0.2) is 19.2 Å². The van der Waals surface area contributed by atoms with E-state index in [1.165, 1.54) is 77.0 Å². The number of amides is 8. The van der Waals surface area contributed by atoms with Crippen LogP contribution in [0.25, 0.3) is 0 Å². The van der Waals surface area contributed by atoms with E-state index in [1.54, 1.807) is 97.1 Å². The molecule has 4 aliphatic heterocycles. The number of hydrogen-bond donors (Lipinski definition) is 4. The minimum atomic E-state index is -1.03. The summed E-state index contributed by atoms with van der Waals surface area (Å²) in [5.41, 5.74) is 0.946. The normalized spacial score (nSPS) is 35.9. The fraction of sp³-hybridized carbons (Fsp3) is 0.550. The number of aliphatic carboxylic acids is 4. The Hall–Kier alpha value is -7.43. The maximum Gasteiger partial charge on any atom is 0.327 e. The third-order valence-electron chi connectivity index (χ3n) is 27.9. The number of carboxylic acids is 4. The van der Waals surface area contributed by atoms with Crippen molar-refractivity contribution in [3.63, 3.8) is 0 Å². The maximum absolute atomic E-state index is 12.9. The first kappa shape index (κ1) is 70.2. The van der Waals surface area contributed by atoms with Gasteiger partial charge in [-0.05, 0) is 274 Å². The Kier molecular flexibility index (Phi) is 17.7. The standard InChI is InChI=1S/4C20H21NO4.2Rh/c4*22-17-14-3-1-2-4-15(14)18(23)21(17)16(19(24)25)20-8-11-5-12(9-20)7-13(6-11)10-20;;/h4*1-4,11-13,16H,5-10H2,(H,24,25);;/t4*11?,12?,13?,16-,20?;;/m1111../s1. The van der Waals surface area contributed by atoms with E-state index in [9.17, 15) is 78.0 Å². The van der Waals surface area contributed by atoms with E-state index in [0.29, 0.717) is 116 Å². The van der Waals surface area contributed by atoms with Gasteiger partial charge in [0.05, 0.1) is 44.5 Å². The van der Waals surface area contributed by atoms with Crippen LogP contribution in [0.1, 0.15) is 237 Å². The molecule has 16 fully saturated rings. The number of carbonyl (C=O) groups excluding carboxylic acids is 8. The summed E-state index contributed by atoms with van der Waals surface area (Å²) in [5, 5.41) is 40.2. The summed E-state index contributed by atoms with van der Waals surface area (Å²) in [4.78, 5) is 157. The van der Waals surface area contributed by atoms with Crippen molar-refractivity contribution in [3.8, 4) is 0 Å². The summed E-state index contributed by atoms with van der Waals surface area (Å²) < 4.78 is 0. The molecule has 0 unspecified atom stereocenters. The summed E-state index contributed by atoms with van der Waals surface area (Å²) in [5.74, 6) is -0.949. The van der Waals surface area contributed by atoms with Gasteiger partial charge in [-0.3, -0.25) is 58.0 Å². The molecule has 4 N–H and O–H groups in total. The summed E-state index contributed by atoms with van der Waals surface area (Å²) in [6.07, 6.45) is 24.3. The number of imide groups is 4. The van der Waals surface area contributed by atoms with E-state index in [4.69, 9.17) is 0 Å². The van der Waals surface area contributed by atoms with Gasteiger partial charge in [0.2, 0.25) is 0 Å². The number of carboxylic acid groups (broad SMARTS) is 4. The quantitative estimate of drug-likeness (QED) is 0.0757. The van der Waals surface area contributed by atoms with Crippen LogP contribution in [0, 0.1) is 92.7 Å². The van der Waals surface area contributed by atoms with Gasteiger partial charge < -0.3 is 20.4 Å². The van der Waals surface area contributed by atoms with Crippen LogP contribution in [0.15, 0.2) is 97.1 Å². The second-order valence-electron chi connectivity index (χ2n) is 34.2. The zero-order chi connectivity index (χ0) is 69.4. The molecule has 22 heteroatoms. The van der Waals surface area contributed by atoms with E-state index >= 15 is 0 Å². The van der Waals surface area contributed by atoms with Gasteiger partial charge in [-0.1, -0.05) is 48.5 Å². The van der Waals surface area contributed by atoms with Crippen molar-refractivity contribution in [2.75, 3.05) is 0 Å². The van der Waals surface area contributed by atoms with Crippen LogP contribution in [-0.2, 0) is 58.1 Å². The topological polar surface area (TPSA) is 299 Å². The Labute approximate surface area is 616 Å².